The van der Waals surface area contributed by atoms with E-state index in [1.54, 1.807) is 38.5 Å². The zero-order valence-corrected chi connectivity index (χ0v) is 8.32. The first-order valence-corrected chi connectivity index (χ1v) is 7.61. The minimum atomic E-state index is -0.352. The van der Waals surface area contributed by atoms with E-state index in [9.17, 15) is 0 Å². The Morgan fingerprint density at radius 2 is 1.00 bits per heavy atom. The first-order valence-electron chi connectivity index (χ1n) is 5.17. The van der Waals surface area contributed by atoms with Gasteiger partial charge in [-0.05, 0) is 38.5 Å². The quantitative estimate of drug-likeness (QED) is 0.569. The Morgan fingerprint density at radius 1 is 0.727 bits per heavy atom. The van der Waals surface area contributed by atoms with E-state index in [1.165, 1.54) is 17.0 Å². The number of rotatable bonds is 3. The summed E-state index contributed by atoms with van der Waals surface area (Å²) in [7, 11) is -0.352. The minimum absolute atomic E-state index is 0.352. The van der Waals surface area contributed by atoms with E-state index < -0.39 is 0 Å². The van der Waals surface area contributed by atoms with Gasteiger partial charge in [0.05, 0.1) is 17.0 Å². The summed E-state index contributed by atoms with van der Waals surface area (Å²) in [5, 5.41) is 0. The Balaban J connectivity index is 1.82. The Labute approximate surface area is 70.1 Å². The van der Waals surface area contributed by atoms with Gasteiger partial charge in [0.15, 0.2) is 0 Å². The van der Waals surface area contributed by atoms with Crippen molar-refractivity contribution in [2.24, 2.45) is 0 Å². The highest BCUT2D eigenvalue weighted by molar-refractivity contribution is 7.78. The highest BCUT2D eigenvalue weighted by Gasteiger charge is 2.64. The maximum Gasteiger partial charge on any atom is 0.0703 e. The van der Waals surface area contributed by atoms with Crippen molar-refractivity contribution in [2.45, 2.75) is 55.5 Å². The fourth-order valence-corrected chi connectivity index (χ4v) is 8.36. The number of hydrogen-bond donors (Lipinski definition) is 0. The van der Waals surface area contributed by atoms with Crippen LogP contribution in [0, 0.1) is 0 Å². The molecule has 0 spiro atoms. The molecule has 3 rings (SSSR count). The van der Waals surface area contributed by atoms with Crippen molar-refractivity contribution in [1.82, 2.24) is 0 Å². The van der Waals surface area contributed by atoms with Crippen molar-refractivity contribution in [3.8, 4) is 0 Å². The fraction of sp³-hybridized carbons (Fsp3) is 1.00. The van der Waals surface area contributed by atoms with E-state index in [4.69, 9.17) is 0 Å². The van der Waals surface area contributed by atoms with Crippen LogP contribution in [-0.2, 0) is 0 Å². The third-order valence-corrected chi connectivity index (χ3v) is 10.3. The van der Waals surface area contributed by atoms with Crippen LogP contribution in [-0.4, -0.2) is 23.6 Å². The van der Waals surface area contributed by atoms with Crippen LogP contribution in [0.2, 0.25) is 0 Å². The summed E-state index contributed by atoms with van der Waals surface area (Å²) in [5.41, 5.74) is 3.80. The standard InChI is InChI=1S/C10H18P/c1-11(8-2-3-8,9-4-5-9)10-6-7-10/h8-10H,2-7H2,1H3/q+1. The van der Waals surface area contributed by atoms with Gasteiger partial charge in [0.2, 0.25) is 0 Å². The monoisotopic (exact) mass is 169 g/mol. The first kappa shape index (κ1) is 6.89. The molecule has 0 radical (unpaired) electrons. The minimum Gasteiger partial charge on any atom is -0.0127 e. The van der Waals surface area contributed by atoms with Gasteiger partial charge in [-0.3, -0.25) is 0 Å². The highest BCUT2D eigenvalue weighted by Crippen LogP contribution is 2.83. The summed E-state index contributed by atoms with van der Waals surface area (Å²) in [5.74, 6) is 0. The van der Waals surface area contributed by atoms with Gasteiger partial charge in [0.1, 0.15) is 0 Å². The summed E-state index contributed by atoms with van der Waals surface area (Å²) >= 11 is 0. The van der Waals surface area contributed by atoms with E-state index in [1.807, 2.05) is 0 Å². The molecule has 0 unspecified atom stereocenters. The van der Waals surface area contributed by atoms with Crippen LogP contribution in [0.3, 0.4) is 0 Å². The second kappa shape index (κ2) is 2.02. The van der Waals surface area contributed by atoms with Crippen molar-refractivity contribution in [1.29, 1.82) is 0 Å². The topological polar surface area (TPSA) is 0 Å². The lowest BCUT2D eigenvalue weighted by atomic mass is 10.9. The van der Waals surface area contributed by atoms with Gasteiger partial charge in [-0.2, -0.15) is 0 Å². The van der Waals surface area contributed by atoms with Crippen LogP contribution in [0.15, 0.2) is 0 Å². The van der Waals surface area contributed by atoms with Gasteiger partial charge >= 0.3 is 0 Å². The van der Waals surface area contributed by atoms with Crippen LogP contribution in [0.5, 0.6) is 0 Å². The van der Waals surface area contributed by atoms with E-state index in [0.29, 0.717) is 0 Å². The Bertz CT molecular complexity index is 144. The molecule has 0 heterocycles. The van der Waals surface area contributed by atoms with Crippen LogP contribution in [0.4, 0.5) is 0 Å². The molecule has 0 amide bonds. The average molecular weight is 169 g/mol. The lowest BCUT2D eigenvalue weighted by Gasteiger charge is -2.22. The van der Waals surface area contributed by atoms with Crippen molar-refractivity contribution in [3.05, 3.63) is 0 Å². The van der Waals surface area contributed by atoms with E-state index >= 15 is 0 Å². The average Bonchev–Trinajstić information content (AvgIpc) is 2.81. The predicted octanol–water partition coefficient (Wildman–Crippen LogP) is 3.12. The molecular weight excluding hydrogens is 151 g/mol. The normalized spacial score (nSPS) is 32.5. The number of hydrogen-bond acceptors (Lipinski definition) is 0. The predicted molar refractivity (Wildman–Crippen MR) is 51.9 cm³/mol. The van der Waals surface area contributed by atoms with E-state index in [2.05, 4.69) is 6.66 Å². The molecule has 62 valence electrons. The molecule has 0 N–H and O–H groups in total. The van der Waals surface area contributed by atoms with Crippen LogP contribution >= 0.6 is 7.26 Å². The Hall–Kier alpha value is 0.430. The van der Waals surface area contributed by atoms with Crippen LogP contribution in [0.1, 0.15) is 38.5 Å². The second-order valence-corrected chi connectivity index (χ2v) is 9.55. The largest absolute Gasteiger partial charge is 0.0703 e. The molecule has 3 aliphatic rings. The van der Waals surface area contributed by atoms with Crippen molar-refractivity contribution in [2.75, 3.05) is 6.66 Å². The van der Waals surface area contributed by atoms with Gasteiger partial charge in [0, 0.05) is 13.9 Å². The van der Waals surface area contributed by atoms with Gasteiger partial charge in [-0.15, -0.1) is 0 Å². The summed E-state index contributed by atoms with van der Waals surface area (Å²) in [6.07, 6.45) is 9.65. The lowest BCUT2D eigenvalue weighted by Crippen LogP contribution is -2.07. The molecule has 1 heteroatoms. The van der Waals surface area contributed by atoms with Gasteiger partial charge in [0.25, 0.3) is 0 Å². The third-order valence-electron chi connectivity index (χ3n) is 4.00. The first-order chi connectivity index (χ1) is 5.32. The van der Waals surface area contributed by atoms with Gasteiger partial charge in [-0.1, -0.05) is 0 Å². The van der Waals surface area contributed by atoms with Crippen molar-refractivity contribution in [3.63, 3.8) is 0 Å². The molecule has 3 aliphatic carbocycles. The molecule has 0 aliphatic heterocycles. The zero-order chi connectivity index (χ0) is 7.47. The van der Waals surface area contributed by atoms with Gasteiger partial charge < -0.3 is 0 Å². The molecular formula is C10H18P+. The van der Waals surface area contributed by atoms with Gasteiger partial charge in [-0.25, -0.2) is 0 Å². The molecule has 0 aromatic carbocycles. The Morgan fingerprint density at radius 3 is 1.18 bits per heavy atom. The van der Waals surface area contributed by atoms with Crippen LogP contribution < -0.4 is 0 Å². The molecule has 0 aromatic rings. The zero-order valence-electron chi connectivity index (χ0n) is 7.42. The van der Waals surface area contributed by atoms with Crippen molar-refractivity contribution >= 4 is 7.26 Å². The highest BCUT2D eigenvalue weighted by atomic mass is 31.2. The molecule has 0 nitrogen and oxygen atoms in total. The fourth-order valence-electron chi connectivity index (χ4n) is 2.79. The van der Waals surface area contributed by atoms with E-state index in [-0.39, 0.29) is 7.26 Å². The summed E-state index contributed by atoms with van der Waals surface area (Å²) < 4.78 is 0. The van der Waals surface area contributed by atoms with Crippen LogP contribution in [0.25, 0.3) is 0 Å². The maximum atomic E-state index is 2.71. The molecule has 3 fully saturated rings. The molecule has 11 heavy (non-hydrogen) atoms. The molecule has 0 saturated heterocycles. The Kier molecular flexibility index (Phi) is 1.27. The molecule has 0 atom stereocenters. The molecule has 0 aromatic heterocycles. The maximum absolute atomic E-state index is 2.71. The smallest absolute Gasteiger partial charge is 0.0127 e. The third kappa shape index (κ3) is 0.985. The van der Waals surface area contributed by atoms with Crippen molar-refractivity contribution < 1.29 is 0 Å². The molecule has 0 bridgehead atoms. The molecule has 3 saturated carbocycles. The summed E-state index contributed by atoms with van der Waals surface area (Å²) in [6.45, 7) is 2.71. The van der Waals surface area contributed by atoms with E-state index in [0.717, 1.165) is 0 Å². The summed E-state index contributed by atoms with van der Waals surface area (Å²) in [4.78, 5) is 0. The summed E-state index contributed by atoms with van der Waals surface area (Å²) in [6, 6.07) is 0. The second-order valence-electron chi connectivity index (χ2n) is 4.92. The SMILES string of the molecule is C[P+](C1CC1)(C1CC1)C1CC1. The lowest BCUT2D eigenvalue weighted by molar-refractivity contribution is 1.25.